The second kappa shape index (κ2) is 7.91. The van der Waals surface area contributed by atoms with E-state index in [1.165, 1.54) is 0 Å². The molecule has 0 bridgehead atoms. The van der Waals surface area contributed by atoms with Crippen molar-refractivity contribution in [1.82, 2.24) is 24.3 Å². The molecule has 1 amide bonds. The first-order valence-corrected chi connectivity index (χ1v) is 11.8. The summed E-state index contributed by atoms with van der Waals surface area (Å²) >= 11 is 1.64. The third kappa shape index (κ3) is 3.72. The molecule has 1 spiro atoms. The van der Waals surface area contributed by atoms with Crippen LogP contribution < -0.4 is 0 Å². The summed E-state index contributed by atoms with van der Waals surface area (Å²) in [6.07, 6.45) is 6.59. The van der Waals surface area contributed by atoms with Gasteiger partial charge in [0.25, 0.3) is 0 Å². The lowest BCUT2D eigenvalue weighted by Gasteiger charge is -2.28. The zero-order chi connectivity index (χ0) is 21.6. The Bertz CT molecular complexity index is 1060. The molecular weight excluding hydrogens is 410 g/mol. The number of carbonyl (C=O) groups is 1. The Morgan fingerprint density at radius 1 is 1.35 bits per heavy atom. The molecule has 2 fully saturated rings. The largest absolute Gasteiger partial charge is 0.468 e. The first-order chi connectivity index (χ1) is 14.9. The lowest BCUT2D eigenvalue weighted by molar-refractivity contribution is -0.136. The van der Waals surface area contributed by atoms with Crippen molar-refractivity contribution < 1.29 is 9.21 Å². The second-order valence-electron chi connectivity index (χ2n) is 9.13. The number of furan rings is 1. The molecule has 0 aromatic carbocycles. The summed E-state index contributed by atoms with van der Waals surface area (Å²) in [5, 5.41) is 3.10. The van der Waals surface area contributed by atoms with Gasteiger partial charge in [-0.2, -0.15) is 0 Å². The molecule has 31 heavy (non-hydrogen) atoms. The van der Waals surface area contributed by atoms with Crippen molar-refractivity contribution in [1.29, 1.82) is 0 Å². The zero-order valence-corrected chi connectivity index (χ0v) is 19.1. The van der Waals surface area contributed by atoms with E-state index in [0.717, 1.165) is 48.2 Å². The number of hydrogen-bond acceptors (Lipinski definition) is 6. The fourth-order valence-electron chi connectivity index (χ4n) is 5.10. The number of aromatic nitrogens is 3. The van der Waals surface area contributed by atoms with Crippen molar-refractivity contribution in [3.63, 3.8) is 0 Å². The molecule has 0 radical (unpaired) electrons. The van der Waals surface area contributed by atoms with Crippen molar-refractivity contribution in [3.05, 3.63) is 58.5 Å². The third-order valence-corrected chi connectivity index (χ3v) is 7.53. The Kier molecular flexibility index (Phi) is 5.22. The van der Waals surface area contributed by atoms with Crippen LogP contribution in [0.15, 0.2) is 40.7 Å². The fraction of sp³-hybridized carbons (Fsp3) is 0.522. The van der Waals surface area contributed by atoms with Crippen LogP contribution >= 0.6 is 11.3 Å². The maximum absolute atomic E-state index is 13.8. The van der Waals surface area contributed by atoms with E-state index in [1.54, 1.807) is 17.6 Å². The molecule has 2 aliphatic heterocycles. The first-order valence-electron chi connectivity index (χ1n) is 10.9. The summed E-state index contributed by atoms with van der Waals surface area (Å²) in [5.74, 6) is 1.25. The number of aryl methyl sites for hydroxylation is 1. The number of hydrogen-bond donors (Lipinski definition) is 0. The summed E-state index contributed by atoms with van der Waals surface area (Å²) < 4.78 is 7.72. The third-order valence-electron chi connectivity index (χ3n) is 6.71. The monoisotopic (exact) mass is 439 g/mol. The average molecular weight is 440 g/mol. The van der Waals surface area contributed by atoms with Crippen molar-refractivity contribution >= 4 is 17.2 Å². The van der Waals surface area contributed by atoms with E-state index in [9.17, 15) is 4.79 Å². The van der Waals surface area contributed by atoms with Gasteiger partial charge in [0, 0.05) is 43.2 Å². The van der Waals surface area contributed by atoms with Crippen molar-refractivity contribution in [3.8, 4) is 0 Å². The van der Waals surface area contributed by atoms with Gasteiger partial charge in [-0.05, 0) is 39.3 Å². The summed E-state index contributed by atoms with van der Waals surface area (Å²) in [6, 6.07) is 4.27. The van der Waals surface area contributed by atoms with Gasteiger partial charge in [0.2, 0.25) is 5.91 Å². The quantitative estimate of drug-likeness (QED) is 0.584. The number of amides is 1. The topological polar surface area (TPSA) is 67.4 Å². The predicted molar refractivity (Wildman–Crippen MR) is 119 cm³/mol. The number of rotatable bonds is 6. The molecule has 164 valence electrons. The molecular formula is C23H29N5O2S. The smallest absolute Gasteiger partial charge is 0.231 e. The highest BCUT2D eigenvalue weighted by Crippen LogP contribution is 2.50. The van der Waals surface area contributed by atoms with Crippen LogP contribution in [0.3, 0.4) is 0 Å². The Morgan fingerprint density at radius 2 is 2.23 bits per heavy atom. The van der Waals surface area contributed by atoms with E-state index < -0.39 is 5.41 Å². The van der Waals surface area contributed by atoms with Crippen LogP contribution in [0.1, 0.15) is 54.4 Å². The molecule has 2 aliphatic rings. The fourth-order valence-corrected chi connectivity index (χ4v) is 5.70. The second-order valence-corrected chi connectivity index (χ2v) is 10.2. The molecule has 0 N–H and O–H groups in total. The minimum absolute atomic E-state index is 0.0807. The predicted octanol–water partition coefficient (Wildman–Crippen LogP) is 3.84. The van der Waals surface area contributed by atoms with E-state index >= 15 is 0 Å². The maximum atomic E-state index is 13.8. The summed E-state index contributed by atoms with van der Waals surface area (Å²) in [5.41, 5.74) is 1.57. The first kappa shape index (κ1) is 20.5. The van der Waals surface area contributed by atoms with Gasteiger partial charge in [0.05, 0.1) is 47.5 Å². The van der Waals surface area contributed by atoms with Gasteiger partial charge in [-0.15, -0.1) is 11.3 Å². The standard InChI is InChI=1S/C23H29N5O2S/c1-16(2)28-12-21(24-15-28)20-11-26(10-19-5-4-8-30-19)14-23(20)6-7-27(22(23)29)9-18-13-31-17(3)25-18/h4-5,8,12-13,15-16,20H,6-7,9-11,14H2,1-3H3/t20-,23+/m0/s1. The Labute approximate surface area is 186 Å². The van der Waals surface area contributed by atoms with E-state index in [1.807, 2.05) is 30.3 Å². The van der Waals surface area contributed by atoms with E-state index in [2.05, 4.69) is 39.9 Å². The number of nitrogens with zero attached hydrogens (tertiary/aromatic N) is 5. The number of carbonyl (C=O) groups excluding carboxylic acids is 1. The molecule has 0 aliphatic carbocycles. The van der Waals surface area contributed by atoms with Gasteiger partial charge >= 0.3 is 0 Å². The maximum Gasteiger partial charge on any atom is 0.231 e. The van der Waals surface area contributed by atoms with Crippen LogP contribution in [0.5, 0.6) is 0 Å². The van der Waals surface area contributed by atoms with Gasteiger partial charge in [-0.3, -0.25) is 9.69 Å². The normalized spacial score (nSPS) is 24.3. The van der Waals surface area contributed by atoms with Crippen molar-refractivity contribution in [2.75, 3.05) is 19.6 Å². The van der Waals surface area contributed by atoms with Gasteiger partial charge < -0.3 is 13.9 Å². The highest BCUT2D eigenvalue weighted by atomic mass is 32.1. The van der Waals surface area contributed by atoms with Gasteiger partial charge in [-0.25, -0.2) is 9.97 Å². The minimum atomic E-state index is -0.437. The van der Waals surface area contributed by atoms with Crippen molar-refractivity contribution in [2.24, 2.45) is 5.41 Å². The SMILES string of the molecule is Cc1nc(CN2CC[C@]3(CN(Cc4ccco4)C[C@H]3c3cn(C(C)C)cn3)C2=O)cs1. The van der Waals surface area contributed by atoms with E-state index in [4.69, 9.17) is 9.40 Å². The van der Waals surface area contributed by atoms with Gasteiger partial charge in [0.1, 0.15) is 5.76 Å². The molecule has 5 heterocycles. The van der Waals surface area contributed by atoms with Crippen LogP contribution in [0, 0.1) is 12.3 Å². The van der Waals surface area contributed by atoms with Crippen LogP contribution in [-0.2, 0) is 17.9 Å². The van der Waals surface area contributed by atoms with Crippen LogP contribution in [-0.4, -0.2) is 49.9 Å². The Morgan fingerprint density at radius 3 is 2.90 bits per heavy atom. The van der Waals surface area contributed by atoms with E-state index in [0.29, 0.717) is 19.1 Å². The minimum Gasteiger partial charge on any atom is -0.468 e. The van der Waals surface area contributed by atoms with Gasteiger partial charge in [-0.1, -0.05) is 0 Å². The van der Waals surface area contributed by atoms with Crippen LogP contribution in [0.4, 0.5) is 0 Å². The molecule has 7 nitrogen and oxygen atoms in total. The van der Waals surface area contributed by atoms with Crippen LogP contribution in [0.25, 0.3) is 0 Å². The molecule has 3 aromatic rings. The number of imidazole rings is 1. The molecule has 2 saturated heterocycles. The Hall–Kier alpha value is -2.45. The van der Waals surface area contributed by atoms with Crippen molar-refractivity contribution in [2.45, 2.75) is 52.2 Å². The zero-order valence-electron chi connectivity index (χ0n) is 18.3. The number of likely N-dealkylation sites (tertiary alicyclic amines) is 2. The Balaban J connectivity index is 1.43. The molecule has 0 unspecified atom stereocenters. The lowest BCUT2D eigenvalue weighted by Crippen LogP contribution is -2.39. The number of thiazole rings is 1. The van der Waals surface area contributed by atoms with E-state index in [-0.39, 0.29) is 11.8 Å². The molecule has 0 saturated carbocycles. The van der Waals surface area contributed by atoms with Crippen LogP contribution in [0.2, 0.25) is 0 Å². The lowest BCUT2D eigenvalue weighted by atomic mass is 9.75. The molecule has 2 atom stereocenters. The van der Waals surface area contributed by atoms with Gasteiger partial charge in [0.15, 0.2) is 0 Å². The average Bonchev–Trinajstić information content (AvgIpc) is 3.53. The highest BCUT2D eigenvalue weighted by molar-refractivity contribution is 7.09. The highest BCUT2D eigenvalue weighted by Gasteiger charge is 2.57. The molecule has 5 rings (SSSR count). The summed E-state index contributed by atoms with van der Waals surface area (Å²) in [6.45, 7) is 9.93. The summed E-state index contributed by atoms with van der Waals surface area (Å²) in [7, 11) is 0. The molecule has 3 aromatic heterocycles. The molecule has 8 heteroatoms. The summed E-state index contributed by atoms with van der Waals surface area (Å²) in [4.78, 5) is 27.5.